The number of amides is 1. The number of anilines is 1. The summed E-state index contributed by atoms with van der Waals surface area (Å²) >= 11 is 18.4. The second-order valence-electron chi connectivity index (χ2n) is 7.33. The Morgan fingerprint density at radius 2 is 1.69 bits per heavy atom. The minimum atomic E-state index is -5.88. The van der Waals surface area contributed by atoms with Gasteiger partial charge in [-0.2, -0.15) is 32.1 Å². The van der Waals surface area contributed by atoms with Crippen molar-refractivity contribution in [1.29, 1.82) is 0 Å². The fraction of sp³-hybridized carbons (Fsp3) is 0.200. The van der Waals surface area contributed by atoms with Crippen LogP contribution in [-0.4, -0.2) is 36.5 Å². The van der Waals surface area contributed by atoms with E-state index in [1.165, 1.54) is 17.8 Å². The molecule has 35 heavy (non-hydrogen) atoms. The van der Waals surface area contributed by atoms with Crippen LogP contribution in [0.4, 0.5) is 27.8 Å². The summed E-state index contributed by atoms with van der Waals surface area (Å²) in [6.07, 6.45) is -4.50. The Morgan fingerprint density at radius 3 is 2.31 bits per heavy atom. The van der Waals surface area contributed by atoms with E-state index in [0.29, 0.717) is 21.7 Å². The van der Waals surface area contributed by atoms with Crippen LogP contribution in [0.2, 0.25) is 15.1 Å². The number of benzene rings is 1. The molecule has 0 aliphatic rings. The monoisotopic (exact) mass is 552 g/mol. The number of aromatic nitrogens is 5. The first-order valence-electron chi connectivity index (χ1n) is 9.57. The summed E-state index contributed by atoms with van der Waals surface area (Å²) in [5.41, 5.74) is -1.91. The zero-order valence-electron chi connectivity index (χ0n) is 17.3. The predicted molar refractivity (Wildman–Crippen MR) is 118 cm³/mol. The summed E-state index contributed by atoms with van der Waals surface area (Å²) in [4.78, 5) is 16.6. The Balaban J connectivity index is 1.63. The first kappa shape index (κ1) is 25.1. The molecule has 0 radical (unpaired) electrons. The van der Waals surface area contributed by atoms with Gasteiger partial charge in [-0.05, 0) is 25.1 Å². The van der Waals surface area contributed by atoms with E-state index in [4.69, 9.17) is 34.8 Å². The van der Waals surface area contributed by atoms with Crippen LogP contribution in [0.3, 0.4) is 0 Å². The molecule has 1 aromatic carbocycles. The van der Waals surface area contributed by atoms with E-state index < -0.39 is 29.4 Å². The molecule has 0 fully saturated rings. The third-order valence-electron chi connectivity index (χ3n) is 4.80. The van der Waals surface area contributed by atoms with Gasteiger partial charge in [0.1, 0.15) is 10.7 Å². The standard InChI is InChI=1S/C20H12Cl3F5N6O/c1-9-5-15(19(24,25)20(26,27)28)34-16(29-9)6-14(31-34)18(35)30-17-13(23)8-33(32-17)7-10-11(21)3-2-4-12(10)22/h2-6,8H,7H2,1H3,(H,30,32,35). The lowest BCUT2D eigenvalue weighted by molar-refractivity contribution is -0.291. The van der Waals surface area contributed by atoms with Crippen molar-refractivity contribution in [3.8, 4) is 0 Å². The first-order chi connectivity index (χ1) is 16.3. The van der Waals surface area contributed by atoms with Crippen molar-refractivity contribution in [2.24, 2.45) is 0 Å². The number of aryl methyl sites for hydroxylation is 1. The molecule has 7 nitrogen and oxygen atoms in total. The number of nitrogens with one attached hydrogen (secondary N) is 1. The van der Waals surface area contributed by atoms with Crippen LogP contribution in [-0.2, 0) is 12.5 Å². The fourth-order valence-corrected chi connectivity index (χ4v) is 3.87. The molecule has 3 heterocycles. The molecular formula is C20H12Cl3F5N6O. The topological polar surface area (TPSA) is 77.1 Å². The van der Waals surface area contributed by atoms with Gasteiger partial charge in [0.25, 0.3) is 5.91 Å². The van der Waals surface area contributed by atoms with Crippen LogP contribution in [0.15, 0.2) is 36.5 Å². The second kappa shape index (κ2) is 8.92. The van der Waals surface area contributed by atoms with Crippen molar-refractivity contribution in [3.05, 3.63) is 74.2 Å². The highest BCUT2D eigenvalue weighted by atomic mass is 35.5. The van der Waals surface area contributed by atoms with E-state index >= 15 is 0 Å². The number of carbonyl (C=O) groups excluding carboxylic acids is 1. The Bertz CT molecular complexity index is 1430. The maximum absolute atomic E-state index is 14.1. The zero-order valence-corrected chi connectivity index (χ0v) is 19.6. The van der Waals surface area contributed by atoms with Crippen molar-refractivity contribution in [2.75, 3.05) is 5.32 Å². The van der Waals surface area contributed by atoms with Gasteiger partial charge < -0.3 is 5.32 Å². The number of nitrogens with zero attached hydrogens (tertiary/aromatic N) is 5. The smallest absolute Gasteiger partial charge is 0.302 e. The quantitative estimate of drug-likeness (QED) is 0.301. The summed E-state index contributed by atoms with van der Waals surface area (Å²) < 4.78 is 68.6. The molecule has 0 saturated carbocycles. The van der Waals surface area contributed by atoms with Gasteiger partial charge in [-0.25, -0.2) is 9.50 Å². The number of hydrogen-bond acceptors (Lipinski definition) is 4. The first-order valence-corrected chi connectivity index (χ1v) is 10.7. The van der Waals surface area contributed by atoms with Gasteiger partial charge in [0.15, 0.2) is 17.2 Å². The highest BCUT2D eigenvalue weighted by Gasteiger charge is 2.60. The Morgan fingerprint density at radius 1 is 1.03 bits per heavy atom. The average molecular weight is 554 g/mol. The van der Waals surface area contributed by atoms with Crippen LogP contribution in [0.5, 0.6) is 0 Å². The maximum atomic E-state index is 14.1. The predicted octanol–water partition coefficient (Wildman–Crippen LogP) is 6.15. The van der Waals surface area contributed by atoms with Crippen molar-refractivity contribution >= 4 is 52.2 Å². The summed E-state index contributed by atoms with van der Waals surface area (Å²) in [5, 5.41) is 10.9. The van der Waals surface area contributed by atoms with E-state index in [1.54, 1.807) is 18.2 Å². The molecule has 1 N–H and O–H groups in total. The van der Waals surface area contributed by atoms with E-state index in [-0.39, 0.29) is 33.2 Å². The molecular weight excluding hydrogens is 542 g/mol. The molecule has 1 amide bonds. The van der Waals surface area contributed by atoms with Gasteiger partial charge in [-0.1, -0.05) is 40.9 Å². The molecule has 15 heteroatoms. The van der Waals surface area contributed by atoms with Crippen molar-refractivity contribution in [3.63, 3.8) is 0 Å². The van der Waals surface area contributed by atoms with Crippen LogP contribution < -0.4 is 5.32 Å². The van der Waals surface area contributed by atoms with Gasteiger partial charge >= 0.3 is 12.1 Å². The second-order valence-corrected chi connectivity index (χ2v) is 8.55. The Labute approximate surface area is 208 Å². The van der Waals surface area contributed by atoms with Crippen molar-refractivity contribution < 1.29 is 26.7 Å². The lowest BCUT2D eigenvalue weighted by atomic mass is 10.2. The molecule has 3 aromatic heterocycles. The average Bonchev–Trinajstić information content (AvgIpc) is 3.32. The zero-order chi connectivity index (χ0) is 25.7. The lowest BCUT2D eigenvalue weighted by Gasteiger charge is -2.20. The fourth-order valence-electron chi connectivity index (χ4n) is 3.16. The number of halogens is 8. The van der Waals surface area contributed by atoms with Gasteiger partial charge in [-0.15, -0.1) is 0 Å². The third-order valence-corrected chi connectivity index (χ3v) is 5.78. The van der Waals surface area contributed by atoms with Gasteiger partial charge in [0, 0.05) is 33.6 Å². The number of carbonyl (C=O) groups is 1. The lowest BCUT2D eigenvalue weighted by Crippen LogP contribution is -2.36. The summed E-state index contributed by atoms with van der Waals surface area (Å²) in [6, 6.07) is 6.44. The molecule has 4 rings (SSSR count). The number of hydrogen-bond donors (Lipinski definition) is 1. The van der Waals surface area contributed by atoms with Gasteiger partial charge in [0.05, 0.1) is 6.54 Å². The molecule has 4 aromatic rings. The Kier molecular flexibility index (Phi) is 6.41. The number of rotatable bonds is 5. The van der Waals surface area contributed by atoms with E-state index in [2.05, 4.69) is 20.5 Å². The molecule has 0 aliphatic heterocycles. The molecule has 184 valence electrons. The summed E-state index contributed by atoms with van der Waals surface area (Å²) in [7, 11) is 0. The summed E-state index contributed by atoms with van der Waals surface area (Å²) in [5.74, 6) is -6.31. The van der Waals surface area contributed by atoms with E-state index in [9.17, 15) is 26.7 Å². The highest BCUT2D eigenvalue weighted by Crippen LogP contribution is 2.43. The minimum absolute atomic E-state index is 0.0172. The van der Waals surface area contributed by atoms with Gasteiger partial charge in [-0.3, -0.25) is 9.48 Å². The number of alkyl halides is 5. The Hall–Kier alpha value is -2.96. The largest absolute Gasteiger partial charge is 0.459 e. The highest BCUT2D eigenvalue weighted by molar-refractivity contribution is 6.36. The molecule has 0 aliphatic carbocycles. The van der Waals surface area contributed by atoms with E-state index in [0.717, 1.165) is 6.07 Å². The maximum Gasteiger partial charge on any atom is 0.459 e. The van der Waals surface area contributed by atoms with Gasteiger partial charge in [0.2, 0.25) is 0 Å². The normalized spacial score (nSPS) is 12.4. The molecule has 0 saturated heterocycles. The molecule has 0 bridgehead atoms. The molecule has 0 atom stereocenters. The third kappa shape index (κ3) is 4.78. The van der Waals surface area contributed by atoms with Crippen molar-refractivity contribution in [2.45, 2.75) is 25.6 Å². The molecule has 0 unspecified atom stereocenters. The summed E-state index contributed by atoms with van der Waals surface area (Å²) in [6.45, 7) is 1.35. The van der Waals surface area contributed by atoms with Crippen LogP contribution in [0.25, 0.3) is 5.65 Å². The van der Waals surface area contributed by atoms with Crippen molar-refractivity contribution in [1.82, 2.24) is 24.4 Å². The van der Waals surface area contributed by atoms with Crippen LogP contribution in [0.1, 0.15) is 27.4 Å². The van der Waals surface area contributed by atoms with Crippen LogP contribution in [0, 0.1) is 6.92 Å². The SMILES string of the molecule is Cc1cc(C(F)(F)C(F)(F)F)n2nc(C(=O)Nc3nn(Cc4c(Cl)cccc4Cl)cc3Cl)cc2n1. The number of fused-ring (bicyclic) bond motifs is 1. The minimum Gasteiger partial charge on any atom is -0.302 e. The molecule has 0 spiro atoms. The van der Waals surface area contributed by atoms with E-state index in [1.807, 2.05) is 0 Å². The van der Waals surface area contributed by atoms with Crippen LogP contribution >= 0.6 is 34.8 Å².